The molecule has 0 saturated carbocycles. The van der Waals surface area contributed by atoms with Gasteiger partial charge < -0.3 is 14.6 Å². The Bertz CT molecular complexity index is 529. The van der Waals surface area contributed by atoms with E-state index >= 15 is 0 Å². The first kappa shape index (κ1) is 28.0. The number of carboxylic acids is 1. The lowest BCUT2D eigenvalue weighted by Crippen LogP contribution is -2.45. The number of aliphatic hydroxyl groups is 1. The van der Waals surface area contributed by atoms with Gasteiger partial charge in [0.05, 0.1) is 6.10 Å². The smallest absolute Gasteiger partial charge is 0.331 e. The van der Waals surface area contributed by atoms with E-state index in [-0.39, 0.29) is 18.1 Å². The predicted octanol–water partition coefficient (Wildman–Crippen LogP) is 5.44. The molecule has 0 heterocycles. The van der Waals surface area contributed by atoms with E-state index in [2.05, 4.69) is 13.5 Å². The summed E-state index contributed by atoms with van der Waals surface area (Å²) in [7, 11) is -2.12. The molecule has 4 atom stereocenters. The molecule has 0 aliphatic rings. The zero-order chi connectivity index (χ0) is 22.8. The first-order valence-corrected chi connectivity index (χ1v) is 14.1. The molecule has 5 nitrogen and oxygen atoms in total. The van der Waals surface area contributed by atoms with Crippen molar-refractivity contribution in [2.45, 2.75) is 104 Å². The van der Waals surface area contributed by atoms with Gasteiger partial charge in [-0.1, -0.05) is 53.5 Å². The fourth-order valence-electron chi connectivity index (χ4n) is 3.81. The van der Waals surface area contributed by atoms with E-state index in [0.29, 0.717) is 0 Å². The van der Waals surface area contributed by atoms with Crippen molar-refractivity contribution in [1.29, 1.82) is 0 Å². The summed E-state index contributed by atoms with van der Waals surface area (Å²) in [6.45, 7) is 17.1. The Morgan fingerprint density at radius 1 is 1.21 bits per heavy atom. The molecule has 2 N–H and O–H groups in total. The number of carboxylic acid groups (broad SMARTS) is 1. The van der Waals surface area contributed by atoms with Crippen LogP contribution in [-0.4, -0.2) is 42.5 Å². The molecule has 0 rings (SSSR count). The van der Waals surface area contributed by atoms with Gasteiger partial charge in [-0.3, -0.25) is 4.79 Å². The van der Waals surface area contributed by atoms with Gasteiger partial charge >= 0.3 is 5.97 Å². The molecule has 0 aromatic rings. The summed E-state index contributed by atoms with van der Waals surface area (Å²) in [4.78, 5) is 25.0. The first-order chi connectivity index (χ1) is 13.3. The summed E-state index contributed by atoms with van der Waals surface area (Å²) in [5, 5.41) is 20.4. The summed E-state index contributed by atoms with van der Waals surface area (Å²) in [5.74, 6) is -1.68. The number of hydrogen-bond acceptors (Lipinski definition) is 4. The molecule has 0 aromatic heterocycles. The van der Waals surface area contributed by atoms with Crippen molar-refractivity contribution in [3.63, 3.8) is 0 Å². The Morgan fingerprint density at radius 3 is 2.28 bits per heavy atom. The van der Waals surface area contributed by atoms with Crippen molar-refractivity contribution in [1.82, 2.24) is 0 Å². The van der Waals surface area contributed by atoms with Crippen LogP contribution in [0.4, 0.5) is 0 Å². The predicted molar refractivity (Wildman–Crippen MR) is 121 cm³/mol. The minimum atomic E-state index is -2.12. The van der Waals surface area contributed by atoms with Crippen LogP contribution in [0.5, 0.6) is 0 Å². The van der Waals surface area contributed by atoms with Gasteiger partial charge in [0.1, 0.15) is 11.9 Å². The van der Waals surface area contributed by atoms with Crippen LogP contribution in [0.25, 0.3) is 0 Å². The van der Waals surface area contributed by atoms with Crippen LogP contribution >= 0.6 is 0 Å². The second kappa shape index (κ2) is 12.7. The number of aliphatic carboxylic acids is 1. The lowest BCUT2D eigenvalue weighted by atomic mass is 9.74. The third kappa shape index (κ3) is 10.1. The van der Waals surface area contributed by atoms with Crippen LogP contribution in [0.2, 0.25) is 19.1 Å². The van der Waals surface area contributed by atoms with Crippen molar-refractivity contribution in [3.05, 3.63) is 12.7 Å². The highest BCUT2D eigenvalue weighted by Gasteiger charge is 2.41. The minimum Gasteiger partial charge on any atom is -0.479 e. The summed E-state index contributed by atoms with van der Waals surface area (Å²) in [6, 6.07) is 0.902. The first-order valence-electron chi connectivity index (χ1n) is 11.0. The van der Waals surface area contributed by atoms with Crippen molar-refractivity contribution in [3.8, 4) is 0 Å². The van der Waals surface area contributed by atoms with Crippen LogP contribution in [0.1, 0.15) is 73.1 Å². The van der Waals surface area contributed by atoms with Crippen LogP contribution in [0.15, 0.2) is 12.7 Å². The molecule has 0 saturated heterocycles. The normalized spacial score (nSPS) is 16.7. The lowest BCUT2D eigenvalue weighted by molar-refractivity contribution is -0.149. The third-order valence-electron chi connectivity index (χ3n) is 5.81. The quantitative estimate of drug-likeness (QED) is 0.194. The molecule has 0 fully saturated rings. The molecule has 0 aromatic carbocycles. The molecule has 0 spiro atoms. The van der Waals surface area contributed by atoms with E-state index in [1.807, 2.05) is 26.1 Å². The standard InChI is InChI=1S/C23H44O5Si/c1-9-11-13-14-17(3)20(24)18(4)21(25)23(5,6)16-19(22(26)27)28-29(7,8)15-12-10-2/h9,17-20,24H,1,10-16H2,2-8H3,(H,26,27). The molecule has 0 radical (unpaired) electrons. The van der Waals surface area contributed by atoms with Crippen LogP contribution in [0, 0.1) is 17.3 Å². The number of carbonyl (C=O) groups is 2. The SMILES string of the molecule is C=CCCCC(C)C(O)C(C)C(=O)C(C)(C)CC(O[Si](C)(C)CCCC)C(=O)O. The number of unbranched alkanes of at least 4 members (excludes halogenated alkanes) is 2. The molecule has 6 heteroatoms. The lowest BCUT2D eigenvalue weighted by Gasteiger charge is -2.35. The molecular weight excluding hydrogens is 384 g/mol. The Hall–Kier alpha value is -0.983. The van der Waals surface area contributed by atoms with Crippen LogP contribution in [-0.2, 0) is 14.0 Å². The second-order valence-electron chi connectivity index (χ2n) is 9.74. The fourth-order valence-corrected chi connectivity index (χ4v) is 6.09. The maximum Gasteiger partial charge on any atom is 0.331 e. The van der Waals surface area contributed by atoms with E-state index in [0.717, 1.165) is 38.1 Å². The third-order valence-corrected chi connectivity index (χ3v) is 8.29. The van der Waals surface area contributed by atoms with Gasteiger partial charge in [-0.15, -0.1) is 6.58 Å². The Labute approximate surface area is 179 Å². The zero-order valence-corrected chi connectivity index (χ0v) is 20.7. The number of rotatable bonds is 16. The van der Waals surface area contributed by atoms with Gasteiger partial charge in [0, 0.05) is 11.3 Å². The molecule has 0 aliphatic heterocycles. The molecule has 29 heavy (non-hydrogen) atoms. The summed E-state index contributed by atoms with van der Waals surface area (Å²) in [5.41, 5.74) is -0.889. The Morgan fingerprint density at radius 2 is 1.79 bits per heavy atom. The Balaban J connectivity index is 5.14. The molecule has 4 unspecified atom stereocenters. The highest BCUT2D eigenvalue weighted by molar-refractivity contribution is 6.71. The van der Waals surface area contributed by atoms with E-state index in [1.165, 1.54) is 0 Å². The molecule has 170 valence electrons. The molecule has 0 amide bonds. The van der Waals surface area contributed by atoms with Gasteiger partial charge in [0.2, 0.25) is 0 Å². The van der Waals surface area contributed by atoms with Gasteiger partial charge in [-0.25, -0.2) is 4.79 Å². The maximum atomic E-state index is 13.1. The van der Waals surface area contributed by atoms with Crippen molar-refractivity contribution in [2.75, 3.05) is 0 Å². The van der Waals surface area contributed by atoms with Gasteiger partial charge in [0.15, 0.2) is 8.32 Å². The molecular formula is C23H44O5Si. The molecule has 0 aliphatic carbocycles. The number of aliphatic hydroxyl groups excluding tert-OH is 1. The molecule has 0 bridgehead atoms. The van der Waals surface area contributed by atoms with E-state index < -0.39 is 37.8 Å². The summed E-state index contributed by atoms with van der Waals surface area (Å²) < 4.78 is 6.06. The number of Topliss-reactive ketones (excluding diaryl/α,β-unsaturated/α-hetero) is 1. The minimum absolute atomic E-state index is 0.00314. The van der Waals surface area contributed by atoms with Crippen LogP contribution < -0.4 is 0 Å². The summed E-state index contributed by atoms with van der Waals surface area (Å²) >= 11 is 0. The van der Waals surface area contributed by atoms with E-state index in [9.17, 15) is 19.8 Å². The average molecular weight is 429 g/mol. The number of hydrogen-bond donors (Lipinski definition) is 2. The topological polar surface area (TPSA) is 83.8 Å². The van der Waals surface area contributed by atoms with Gasteiger partial charge in [-0.05, 0) is 50.7 Å². The van der Waals surface area contributed by atoms with Crippen molar-refractivity contribution < 1.29 is 24.2 Å². The monoisotopic (exact) mass is 428 g/mol. The maximum absolute atomic E-state index is 13.1. The Kier molecular flexibility index (Phi) is 12.2. The number of carbonyl (C=O) groups excluding carboxylic acids is 1. The number of ketones is 1. The average Bonchev–Trinajstić information content (AvgIpc) is 2.63. The highest BCUT2D eigenvalue weighted by Crippen LogP contribution is 2.33. The second-order valence-corrected chi connectivity index (χ2v) is 14.0. The van der Waals surface area contributed by atoms with Crippen LogP contribution in [0.3, 0.4) is 0 Å². The van der Waals surface area contributed by atoms with Crippen molar-refractivity contribution >= 4 is 20.1 Å². The van der Waals surface area contributed by atoms with Gasteiger partial charge in [-0.2, -0.15) is 0 Å². The van der Waals surface area contributed by atoms with E-state index in [4.69, 9.17) is 4.43 Å². The highest BCUT2D eigenvalue weighted by atomic mass is 28.4. The fraction of sp³-hybridized carbons (Fsp3) is 0.826. The zero-order valence-electron chi connectivity index (χ0n) is 19.7. The van der Waals surface area contributed by atoms with E-state index in [1.54, 1.807) is 20.8 Å². The van der Waals surface area contributed by atoms with Crippen molar-refractivity contribution in [2.24, 2.45) is 17.3 Å². The summed E-state index contributed by atoms with van der Waals surface area (Å²) in [6.07, 6.45) is 4.93. The largest absolute Gasteiger partial charge is 0.479 e. The van der Waals surface area contributed by atoms with Gasteiger partial charge in [0.25, 0.3) is 0 Å². The number of allylic oxidation sites excluding steroid dienone is 1.